The smallest absolute Gasteiger partial charge is 0.394 e. The Labute approximate surface area is 74.9 Å². The van der Waals surface area contributed by atoms with Crippen LogP contribution in [-0.2, 0) is 4.74 Å². The third-order valence-electron chi connectivity index (χ3n) is 0.496. The first-order valence-corrected chi connectivity index (χ1v) is 3.10. The average molecular weight is 230 g/mol. The van der Waals surface area contributed by atoms with E-state index < -0.39 is 18.8 Å². The lowest BCUT2D eigenvalue weighted by Crippen LogP contribution is -2.25. The van der Waals surface area contributed by atoms with E-state index in [0.29, 0.717) is 0 Å². The summed E-state index contributed by atoms with van der Waals surface area (Å²) in [6, 6.07) is 0. The molecule has 0 aromatic heterocycles. The van der Waals surface area contributed by atoms with E-state index >= 15 is 0 Å². The lowest BCUT2D eigenvalue weighted by Gasteiger charge is -2.08. The van der Waals surface area contributed by atoms with Crippen LogP contribution < -0.4 is 0 Å². The first-order valence-electron chi connectivity index (χ1n) is 3.10. The van der Waals surface area contributed by atoms with Gasteiger partial charge in [0.1, 0.15) is 0 Å². The Hall–Kier alpha value is -0.540. The maximum atomic E-state index is 10.6. The molecule has 88 valence electrons. The van der Waals surface area contributed by atoms with Crippen LogP contribution in [0.25, 0.3) is 0 Å². The summed E-state index contributed by atoms with van der Waals surface area (Å²) >= 11 is 0. The fourth-order valence-electron chi connectivity index (χ4n) is 0.131. The molecule has 9 heteroatoms. The monoisotopic (exact) mass is 230 g/mol. The van der Waals surface area contributed by atoms with Crippen LogP contribution in [0.2, 0.25) is 0 Å². The molecule has 0 saturated heterocycles. The molecule has 14 heavy (non-hydrogen) atoms. The van der Waals surface area contributed by atoms with Crippen molar-refractivity contribution in [1.29, 1.82) is 0 Å². The van der Waals surface area contributed by atoms with Gasteiger partial charge in [0.05, 0.1) is 12.7 Å². The second-order valence-corrected chi connectivity index (χ2v) is 2.03. The van der Waals surface area contributed by atoms with Crippen LogP contribution in [0.4, 0.5) is 26.3 Å². The Morgan fingerprint density at radius 2 is 1.29 bits per heavy atom. The maximum Gasteiger partial charge on any atom is 0.529 e. The third-order valence-corrected chi connectivity index (χ3v) is 0.496. The molecular weight excluding hydrogens is 222 g/mol. The summed E-state index contributed by atoms with van der Waals surface area (Å²) < 4.78 is 65.3. The number of aliphatic hydroxyl groups is 2. The van der Waals surface area contributed by atoms with Crippen LogP contribution >= 0.6 is 0 Å². The van der Waals surface area contributed by atoms with Gasteiger partial charge in [0.15, 0.2) is 0 Å². The molecule has 0 saturated carbocycles. The SMILES string of the molecule is CC(O)CO.FC(F)(F)OC(F)(F)F. The van der Waals surface area contributed by atoms with Crippen molar-refractivity contribution in [2.45, 2.75) is 25.8 Å². The molecule has 0 heterocycles. The number of hydrogen-bond acceptors (Lipinski definition) is 3. The molecule has 0 fully saturated rings. The van der Waals surface area contributed by atoms with Crippen molar-refractivity contribution in [3.63, 3.8) is 0 Å². The highest BCUT2D eigenvalue weighted by Crippen LogP contribution is 2.28. The Kier molecular flexibility index (Phi) is 6.86. The van der Waals surface area contributed by atoms with E-state index in [2.05, 4.69) is 0 Å². The lowest BCUT2D eigenvalue weighted by atomic mass is 10.5. The van der Waals surface area contributed by atoms with Gasteiger partial charge < -0.3 is 10.2 Å². The Morgan fingerprint density at radius 3 is 1.29 bits per heavy atom. The van der Waals surface area contributed by atoms with E-state index in [4.69, 9.17) is 10.2 Å². The molecule has 1 unspecified atom stereocenters. The number of aliphatic hydroxyl groups excluding tert-OH is 2. The lowest BCUT2D eigenvalue weighted by molar-refractivity contribution is -0.463. The highest BCUT2D eigenvalue weighted by atomic mass is 19.4. The predicted octanol–water partition coefficient (Wildman–Crippen LogP) is 1.40. The number of halogens is 6. The summed E-state index contributed by atoms with van der Waals surface area (Å²) in [7, 11) is 0. The van der Waals surface area contributed by atoms with E-state index in [-0.39, 0.29) is 6.61 Å². The zero-order chi connectivity index (χ0) is 12.0. The molecule has 0 amide bonds. The average Bonchev–Trinajstić information content (AvgIpc) is 1.80. The maximum absolute atomic E-state index is 10.6. The van der Waals surface area contributed by atoms with Crippen molar-refractivity contribution in [2.75, 3.05) is 6.61 Å². The molecule has 0 aliphatic heterocycles. The largest absolute Gasteiger partial charge is 0.529 e. The second-order valence-electron chi connectivity index (χ2n) is 2.03. The van der Waals surface area contributed by atoms with Crippen LogP contribution in [0, 0.1) is 0 Å². The zero-order valence-corrected chi connectivity index (χ0v) is 6.85. The molecule has 0 aromatic rings. The molecule has 2 N–H and O–H groups in total. The molecule has 0 aromatic carbocycles. The fourth-order valence-corrected chi connectivity index (χ4v) is 0.131. The topological polar surface area (TPSA) is 49.7 Å². The van der Waals surface area contributed by atoms with Crippen LogP contribution in [0.15, 0.2) is 0 Å². The van der Waals surface area contributed by atoms with Gasteiger partial charge in [-0.25, -0.2) is 0 Å². The van der Waals surface area contributed by atoms with Gasteiger partial charge in [-0.1, -0.05) is 0 Å². The number of alkyl halides is 6. The third kappa shape index (κ3) is 22.5. The molecule has 0 rings (SSSR count). The summed E-state index contributed by atoms with van der Waals surface area (Å²) in [5, 5.41) is 16.0. The van der Waals surface area contributed by atoms with E-state index in [1.165, 1.54) is 6.92 Å². The molecule has 0 aliphatic rings. The summed E-state index contributed by atoms with van der Waals surface area (Å²) in [5.41, 5.74) is 0. The normalized spacial score (nSPS) is 14.4. The van der Waals surface area contributed by atoms with Crippen molar-refractivity contribution in [3.8, 4) is 0 Å². The van der Waals surface area contributed by atoms with Crippen molar-refractivity contribution in [1.82, 2.24) is 0 Å². The number of ether oxygens (including phenoxy) is 1. The second kappa shape index (κ2) is 6.04. The van der Waals surface area contributed by atoms with Crippen molar-refractivity contribution in [2.24, 2.45) is 0 Å². The van der Waals surface area contributed by atoms with Gasteiger partial charge >= 0.3 is 12.7 Å². The molecule has 1 atom stereocenters. The van der Waals surface area contributed by atoms with Crippen LogP contribution in [0.5, 0.6) is 0 Å². The summed E-state index contributed by atoms with van der Waals surface area (Å²) in [4.78, 5) is 0. The fraction of sp³-hybridized carbons (Fsp3) is 1.00. The van der Waals surface area contributed by atoms with Crippen LogP contribution in [0.1, 0.15) is 6.92 Å². The van der Waals surface area contributed by atoms with Gasteiger partial charge in [0.25, 0.3) is 0 Å². The quantitative estimate of drug-likeness (QED) is 0.669. The summed E-state index contributed by atoms with van der Waals surface area (Å²) in [6.45, 7) is 1.39. The van der Waals surface area contributed by atoms with Crippen LogP contribution in [0.3, 0.4) is 0 Å². The first kappa shape index (κ1) is 15.9. The zero-order valence-electron chi connectivity index (χ0n) is 6.85. The van der Waals surface area contributed by atoms with Crippen LogP contribution in [-0.4, -0.2) is 35.6 Å². The van der Waals surface area contributed by atoms with E-state index in [9.17, 15) is 26.3 Å². The van der Waals surface area contributed by atoms with E-state index in [0.717, 1.165) is 0 Å². The van der Waals surface area contributed by atoms with Gasteiger partial charge in [-0.3, -0.25) is 0 Å². The number of hydrogen-bond donors (Lipinski definition) is 2. The molecule has 3 nitrogen and oxygen atoms in total. The minimum absolute atomic E-state index is 0.139. The molecule has 0 bridgehead atoms. The van der Waals surface area contributed by atoms with Gasteiger partial charge in [-0.15, -0.1) is 26.3 Å². The minimum atomic E-state index is -5.64. The van der Waals surface area contributed by atoms with E-state index in [1.807, 2.05) is 0 Å². The van der Waals surface area contributed by atoms with E-state index in [1.54, 1.807) is 4.74 Å². The van der Waals surface area contributed by atoms with Gasteiger partial charge in [0.2, 0.25) is 0 Å². The minimum Gasteiger partial charge on any atom is -0.394 e. The Balaban J connectivity index is 0. The standard InChI is InChI=1S/C3H8O2.C2F6O/c1-3(5)2-4;3-1(4,5)9-2(6,7)8/h3-5H,2H2,1H3;. The molecule has 0 aliphatic carbocycles. The summed E-state index contributed by atoms with van der Waals surface area (Å²) in [5.74, 6) is 0. The molecular formula is C5H8F6O3. The first-order chi connectivity index (χ1) is 5.98. The predicted molar refractivity (Wildman–Crippen MR) is 32.0 cm³/mol. The van der Waals surface area contributed by atoms with Crippen molar-refractivity contribution < 1.29 is 41.3 Å². The highest BCUT2D eigenvalue weighted by molar-refractivity contribution is 4.34. The van der Waals surface area contributed by atoms with Gasteiger partial charge in [-0.05, 0) is 6.92 Å². The van der Waals surface area contributed by atoms with Gasteiger partial charge in [0, 0.05) is 0 Å². The highest BCUT2D eigenvalue weighted by Gasteiger charge is 2.45. The van der Waals surface area contributed by atoms with Crippen molar-refractivity contribution >= 4 is 0 Å². The Bertz CT molecular complexity index is 127. The van der Waals surface area contributed by atoms with Crippen molar-refractivity contribution in [3.05, 3.63) is 0 Å². The van der Waals surface area contributed by atoms with Gasteiger partial charge in [-0.2, -0.15) is 4.74 Å². The molecule has 0 spiro atoms. The Morgan fingerprint density at radius 1 is 1.07 bits per heavy atom. The molecule has 0 radical (unpaired) electrons. The number of rotatable bonds is 1. The summed E-state index contributed by atoms with van der Waals surface area (Å²) in [6.07, 6.45) is -11.8.